The van der Waals surface area contributed by atoms with Gasteiger partial charge in [-0.1, -0.05) is 15.9 Å². The van der Waals surface area contributed by atoms with Crippen LogP contribution in [0.3, 0.4) is 0 Å². The normalized spacial score (nSPS) is 19.2. The summed E-state index contributed by atoms with van der Waals surface area (Å²) in [6.45, 7) is 0.306. The highest BCUT2D eigenvalue weighted by Crippen LogP contribution is 2.21. The van der Waals surface area contributed by atoms with E-state index in [9.17, 15) is 14.0 Å². The summed E-state index contributed by atoms with van der Waals surface area (Å²) in [5.74, 6) is -1.10. The number of benzene rings is 1. The van der Waals surface area contributed by atoms with Crippen LogP contribution in [0.4, 0.5) is 10.1 Å². The van der Waals surface area contributed by atoms with E-state index in [0.717, 1.165) is 0 Å². The molecule has 1 fully saturated rings. The van der Waals surface area contributed by atoms with Gasteiger partial charge in [-0.3, -0.25) is 9.59 Å². The first-order valence-electron chi connectivity index (χ1n) is 5.59. The molecule has 1 saturated heterocycles. The van der Waals surface area contributed by atoms with Crippen molar-refractivity contribution in [3.05, 3.63) is 28.5 Å². The summed E-state index contributed by atoms with van der Waals surface area (Å²) in [4.78, 5) is 22.9. The highest BCUT2D eigenvalue weighted by Gasteiger charge is 2.24. The summed E-state index contributed by atoms with van der Waals surface area (Å²) in [6, 6.07) is 4.35. The SMILES string of the molecule is O=C1CCC(C(=O)Nc2cc(Br)ccc2F)CN1. The van der Waals surface area contributed by atoms with E-state index in [4.69, 9.17) is 0 Å². The molecule has 1 heterocycles. The molecule has 4 nitrogen and oxygen atoms in total. The van der Waals surface area contributed by atoms with Crippen LogP contribution < -0.4 is 10.6 Å². The van der Waals surface area contributed by atoms with E-state index < -0.39 is 5.82 Å². The van der Waals surface area contributed by atoms with Gasteiger partial charge < -0.3 is 10.6 Å². The lowest BCUT2D eigenvalue weighted by atomic mass is 9.98. The molecule has 0 bridgehead atoms. The van der Waals surface area contributed by atoms with Crippen LogP contribution in [-0.2, 0) is 9.59 Å². The van der Waals surface area contributed by atoms with Crippen LogP contribution in [0.15, 0.2) is 22.7 Å². The van der Waals surface area contributed by atoms with Gasteiger partial charge >= 0.3 is 0 Å². The van der Waals surface area contributed by atoms with Crippen LogP contribution in [0.1, 0.15) is 12.8 Å². The van der Waals surface area contributed by atoms with Gasteiger partial charge in [-0.05, 0) is 24.6 Å². The Hall–Kier alpha value is -1.43. The standard InChI is InChI=1S/C12H12BrFN2O2/c13-8-2-3-9(14)10(5-8)16-12(18)7-1-4-11(17)15-6-7/h2-3,5,7H,1,4,6H2,(H,15,17)(H,16,18). The lowest BCUT2D eigenvalue weighted by molar-refractivity contribution is -0.126. The predicted octanol–water partition coefficient (Wildman–Crippen LogP) is 2.05. The fourth-order valence-electron chi connectivity index (χ4n) is 1.78. The Morgan fingerprint density at radius 1 is 1.50 bits per heavy atom. The minimum atomic E-state index is -0.480. The molecule has 0 aliphatic carbocycles. The minimum absolute atomic E-state index is 0.0484. The molecule has 1 aliphatic heterocycles. The van der Waals surface area contributed by atoms with Crippen molar-refractivity contribution in [1.29, 1.82) is 0 Å². The van der Waals surface area contributed by atoms with Gasteiger partial charge in [0.15, 0.2) is 0 Å². The van der Waals surface area contributed by atoms with E-state index in [2.05, 4.69) is 26.6 Å². The molecule has 96 valence electrons. The summed E-state index contributed by atoms with van der Waals surface area (Å²) >= 11 is 3.22. The number of amides is 2. The van der Waals surface area contributed by atoms with Crippen molar-refractivity contribution >= 4 is 33.4 Å². The van der Waals surface area contributed by atoms with Gasteiger partial charge in [-0.15, -0.1) is 0 Å². The molecule has 1 aromatic carbocycles. The second kappa shape index (κ2) is 5.48. The molecule has 1 unspecified atom stereocenters. The van der Waals surface area contributed by atoms with Crippen LogP contribution in [0.5, 0.6) is 0 Å². The van der Waals surface area contributed by atoms with Crippen molar-refractivity contribution < 1.29 is 14.0 Å². The summed E-state index contributed by atoms with van der Waals surface area (Å²) in [6.07, 6.45) is 0.826. The van der Waals surface area contributed by atoms with E-state index in [-0.39, 0.29) is 23.4 Å². The second-order valence-corrected chi connectivity index (χ2v) is 5.07. The number of anilines is 1. The molecule has 2 N–H and O–H groups in total. The molecule has 0 aromatic heterocycles. The fraction of sp³-hybridized carbons (Fsp3) is 0.333. The smallest absolute Gasteiger partial charge is 0.229 e. The van der Waals surface area contributed by atoms with Crippen LogP contribution >= 0.6 is 15.9 Å². The number of carbonyl (C=O) groups excluding carboxylic acids is 2. The van der Waals surface area contributed by atoms with Gasteiger partial charge in [0.05, 0.1) is 11.6 Å². The number of hydrogen-bond acceptors (Lipinski definition) is 2. The largest absolute Gasteiger partial charge is 0.355 e. The number of rotatable bonds is 2. The first-order valence-corrected chi connectivity index (χ1v) is 6.38. The Labute approximate surface area is 112 Å². The molecule has 1 atom stereocenters. The third-order valence-electron chi connectivity index (χ3n) is 2.82. The number of hydrogen-bond donors (Lipinski definition) is 2. The van der Waals surface area contributed by atoms with E-state index in [0.29, 0.717) is 23.9 Å². The van der Waals surface area contributed by atoms with Crippen molar-refractivity contribution in [1.82, 2.24) is 5.32 Å². The number of nitrogens with one attached hydrogen (secondary N) is 2. The van der Waals surface area contributed by atoms with Crippen LogP contribution in [0.25, 0.3) is 0 Å². The highest BCUT2D eigenvalue weighted by molar-refractivity contribution is 9.10. The summed E-state index contributed by atoms with van der Waals surface area (Å²) in [5.41, 5.74) is 0.145. The zero-order valence-electron chi connectivity index (χ0n) is 9.50. The summed E-state index contributed by atoms with van der Waals surface area (Å²) in [7, 11) is 0. The lowest BCUT2D eigenvalue weighted by Crippen LogP contribution is -2.40. The van der Waals surface area contributed by atoms with Gasteiger partial charge in [0, 0.05) is 17.4 Å². The molecular formula is C12H12BrFN2O2. The van der Waals surface area contributed by atoms with E-state index >= 15 is 0 Å². The molecule has 0 radical (unpaired) electrons. The zero-order chi connectivity index (χ0) is 13.1. The van der Waals surface area contributed by atoms with Crippen LogP contribution in [0, 0.1) is 11.7 Å². The molecule has 1 aliphatic rings. The average Bonchev–Trinajstić information content (AvgIpc) is 2.34. The van der Waals surface area contributed by atoms with E-state index in [1.807, 2.05) is 0 Å². The van der Waals surface area contributed by atoms with Gasteiger partial charge in [0.25, 0.3) is 0 Å². The third-order valence-corrected chi connectivity index (χ3v) is 3.32. The van der Waals surface area contributed by atoms with Gasteiger partial charge in [-0.25, -0.2) is 4.39 Å². The number of carbonyl (C=O) groups is 2. The Kier molecular flexibility index (Phi) is 3.96. The van der Waals surface area contributed by atoms with Gasteiger partial charge in [0.1, 0.15) is 5.82 Å². The Bertz CT molecular complexity index is 483. The second-order valence-electron chi connectivity index (χ2n) is 4.15. The zero-order valence-corrected chi connectivity index (χ0v) is 11.1. The quantitative estimate of drug-likeness (QED) is 0.877. The molecule has 1 aromatic rings. The monoisotopic (exact) mass is 314 g/mol. The molecule has 6 heteroatoms. The Morgan fingerprint density at radius 2 is 2.28 bits per heavy atom. The van der Waals surface area contributed by atoms with E-state index in [1.165, 1.54) is 12.1 Å². The number of halogens is 2. The van der Waals surface area contributed by atoms with Crippen LogP contribution in [0.2, 0.25) is 0 Å². The van der Waals surface area contributed by atoms with Crippen LogP contribution in [-0.4, -0.2) is 18.4 Å². The van der Waals surface area contributed by atoms with Crippen molar-refractivity contribution in [2.24, 2.45) is 5.92 Å². The molecule has 18 heavy (non-hydrogen) atoms. The predicted molar refractivity (Wildman–Crippen MR) is 68.5 cm³/mol. The van der Waals surface area contributed by atoms with Gasteiger partial charge in [0.2, 0.25) is 11.8 Å². The van der Waals surface area contributed by atoms with Crippen molar-refractivity contribution in [3.8, 4) is 0 Å². The van der Waals surface area contributed by atoms with E-state index in [1.54, 1.807) is 6.07 Å². The maximum atomic E-state index is 13.5. The first kappa shape index (κ1) is 13.0. The average molecular weight is 315 g/mol. The Balaban J connectivity index is 2.02. The minimum Gasteiger partial charge on any atom is -0.355 e. The number of piperidine rings is 1. The third kappa shape index (κ3) is 3.07. The lowest BCUT2D eigenvalue weighted by Gasteiger charge is -2.21. The molecule has 2 rings (SSSR count). The fourth-order valence-corrected chi connectivity index (χ4v) is 2.15. The van der Waals surface area contributed by atoms with Gasteiger partial charge in [-0.2, -0.15) is 0 Å². The summed E-state index contributed by atoms with van der Waals surface area (Å²) < 4.78 is 14.1. The molecule has 0 spiro atoms. The maximum Gasteiger partial charge on any atom is 0.229 e. The topological polar surface area (TPSA) is 58.2 Å². The highest BCUT2D eigenvalue weighted by atomic mass is 79.9. The molecule has 2 amide bonds. The Morgan fingerprint density at radius 3 is 2.94 bits per heavy atom. The molecule has 0 saturated carbocycles. The summed E-state index contributed by atoms with van der Waals surface area (Å²) in [5, 5.41) is 5.16. The van der Waals surface area contributed by atoms with Crippen molar-refractivity contribution in [2.45, 2.75) is 12.8 Å². The van der Waals surface area contributed by atoms with Crippen molar-refractivity contribution in [2.75, 3.05) is 11.9 Å². The first-order chi connectivity index (χ1) is 8.56. The maximum absolute atomic E-state index is 13.5. The van der Waals surface area contributed by atoms with Crippen molar-refractivity contribution in [3.63, 3.8) is 0 Å². The molecular weight excluding hydrogens is 303 g/mol.